The van der Waals surface area contributed by atoms with E-state index < -0.39 is 12.0 Å². The molecular weight excluding hydrogens is 390 g/mol. The first-order valence-corrected chi connectivity index (χ1v) is 9.50. The smallest absolute Gasteiger partial charge is 0.161 e. The first kappa shape index (κ1) is 18.5. The molecule has 0 fully saturated rings. The van der Waals surface area contributed by atoms with Crippen LogP contribution in [0, 0.1) is 11.6 Å². The minimum Gasteiger partial charge on any atom is -0.507 e. The average molecular weight is 408 g/mol. The van der Waals surface area contributed by atoms with Gasteiger partial charge in [-0.05, 0) is 35.4 Å². The Morgan fingerprint density at radius 3 is 2.60 bits per heavy atom. The summed E-state index contributed by atoms with van der Waals surface area (Å²) in [5, 5.41) is 26.7. The second kappa shape index (κ2) is 7.07. The summed E-state index contributed by atoms with van der Waals surface area (Å²) >= 11 is 0. The molecule has 0 amide bonds. The Hall–Kier alpha value is -3.52. The third kappa shape index (κ3) is 2.96. The fourth-order valence-corrected chi connectivity index (χ4v) is 4.20. The van der Waals surface area contributed by atoms with Crippen molar-refractivity contribution in [3.63, 3.8) is 0 Å². The number of rotatable bonds is 3. The number of aliphatic hydroxyl groups excluding tert-OH is 2. The van der Waals surface area contributed by atoms with Crippen LogP contribution in [0.5, 0.6) is 0 Å². The normalized spacial score (nSPS) is 21.4. The van der Waals surface area contributed by atoms with Crippen molar-refractivity contribution in [3.05, 3.63) is 95.3 Å². The van der Waals surface area contributed by atoms with Crippen LogP contribution < -0.4 is 0 Å². The van der Waals surface area contributed by atoms with E-state index in [2.05, 4.69) is 10.1 Å². The topological polar surface area (TPSA) is 73.9 Å². The molecular formula is C22H18F2N4O2. The maximum Gasteiger partial charge on any atom is 0.161 e. The van der Waals surface area contributed by atoms with E-state index in [4.69, 9.17) is 0 Å². The Morgan fingerprint density at radius 1 is 1.03 bits per heavy atom. The minimum absolute atomic E-state index is 0.251. The summed E-state index contributed by atoms with van der Waals surface area (Å²) in [5.41, 5.74) is 1.76. The van der Waals surface area contributed by atoms with E-state index in [0.717, 1.165) is 5.56 Å². The number of hydrazone groups is 1. The van der Waals surface area contributed by atoms with Gasteiger partial charge in [-0.25, -0.2) is 13.8 Å². The number of aliphatic hydroxyl groups is 2. The average Bonchev–Trinajstić information content (AvgIpc) is 3.20. The van der Waals surface area contributed by atoms with Crippen molar-refractivity contribution < 1.29 is 19.0 Å². The third-order valence-corrected chi connectivity index (χ3v) is 5.53. The van der Waals surface area contributed by atoms with Crippen LogP contribution in [-0.4, -0.2) is 43.1 Å². The molecule has 0 saturated carbocycles. The molecule has 152 valence electrons. The fourth-order valence-electron chi connectivity index (χ4n) is 4.20. The molecule has 3 atom stereocenters. The fraction of sp³-hybridized carbons (Fsp3) is 0.182. The molecule has 0 saturated heterocycles. The van der Waals surface area contributed by atoms with Crippen molar-refractivity contribution in [2.24, 2.45) is 5.10 Å². The number of hydrogen-bond acceptors (Lipinski definition) is 5. The van der Waals surface area contributed by atoms with Gasteiger partial charge in [0.1, 0.15) is 23.4 Å². The van der Waals surface area contributed by atoms with Crippen molar-refractivity contribution in [3.8, 4) is 0 Å². The Bertz CT molecular complexity index is 1160. The van der Waals surface area contributed by atoms with Crippen LogP contribution in [0.4, 0.5) is 8.78 Å². The van der Waals surface area contributed by atoms with Crippen molar-refractivity contribution in [2.45, 2.75) is 24.6 Å². The van der Waals surface area contributed by atoms with E-state index in [1.54, 1.807) is 35.6 Å². The van der Waals surface area contributed by atoms with E-state index in [1.807, 2.05) is 10.6 Å². The second-order valence-corrected chi connectivity index (χ2v) is 7.34. The van der Waals surface area contributed by atoms with Crippen molar-refractivity contribution in [2.75, 3.05) is 0 Å². The predicted octanol–water partition coefficient (Wildman–Crippen LogP) is 3.26. The van der Waals surface area contributed by atoms with Crippen LogP contribution in [0.1, 0.15) is 22.9 Å². The standard InChI is InChI=1S/C22H18F2N4O2/c23-15-6-4-13(5-7-15)19(14-2-1-3-16(24)10-14)17-12-27-9-8-25-22(27)20-21(30)18(29)11-26-28(17)20/h1-11,17-19,29-30H,12H2/t17-,18?,19+/m1/s1. The van der Waals surface area contributed by atoms with Crippen molar-refractivity contribution in [1.82, 2.24) is 14.6 Å². The highest BCUT2D eigenvalue weighted by atomic mass is 19.1. The van der Waals surface area contributed by atoms with Crippen LogP contribution >= 0.6 is 0 Å². The number of aromatic nitrogens is 2. The highest BCUT2D eigenvalue weighted by molar-refractivity contribution is 5.77. The van der Waals surface area contributed by atoms with Gasteiger partial charge in [-0.2, -0.15) is 5.10 Å². The van der Waals surface area contributed by atoms with Crippen molar-refractivity contribution in [1.29, 1.82) is 0 Å². The van der Waals surface area contributed by atoms with Gasteiger partial charge in [0.05, 0.1) is 12.3 Å². The summed E-state index contributed by atoms with van der Waals surface area (Å²) in [5.74, 6) is -0.910. The lowest BCUT2D eigenvalue weighted by Crippen LogP contribution is -2.46. The molecule has 0 spiro atoms. The van der Waals surface area contributed by atoms with Gasteiger partial charge < -0.3 is 14.8 Å². The van der Waals surface area contributed by atoms with Crippen LogP contribution in [0.3, 0.4) is 0 Å². The Labute approximate surface area is 171 Å². The molecule has 6 nitrogen and oxygen atoms in total. The zero-order valence-corrected chi connectivity index (χ0v) is 15.7. The van der Waals surface area contributed by atoms with Crippen LogP contribution in [0.15, 0.2) is 71.8 Å². The van der Waals surface area contributed by atoms with E-state index in [0.29, 0.717) is 23.6 Å². The highest BCUT2D eigenvalue weighted by Gasteiger charge is 2.41. The lowest BCUT2D eigenvalue weighted by molar-refractivity contribution is 0.169. The van der Waals surface area contributed by atoms with Gasteiger partial charge >= 0.3 is 0 Å². The number of hydrogen-bond donors (Lipinski definition) is 2. The molecule has 2 aliphatic heterocycles. The summed E-state index contributed by atoms with van der Waals surface area (Å²) in [6.45, 7) is 0.443. The molecule has 0 radical (unpaired) electrons. The number of imidazole rings is 1. The molecule has 1 unspecified atom stereocenters. The molecule has 3 heterocycles. The number of fused-ring (bicyclic) bond motifs is 3. The van der Waals surface area contributed by atoms with E-state index in [-0.39, 0.29) is 23.4 Å². The molecule has 1 aromatic heterocycles. The van der Waals surface area contributed by atoms with Gasteiger partial charge in [-0.1, -0.05) is 24.3 Å². The first-order chi connectivity index (χ1) is 14.5. The highest BCUT2D eigenvalue weighted by Crippen LogP contribution is 2.40. The monoisotopic (exact) mass is 408 g/mol. The Kier molecular flexibility index (Phi) is 4.36. The van der Waals surface area contributed by atoms with Gasteiger partial charge in [0.15, 0.2) is 11.6 Å². The van der Waals surface area contributed by atoms with Gasteiger partial charge in [0, 0.05) is 24.9 Å². The van der Waals surface area contributed by atoms with Gasteiger partial charge in [-0.3, -0.25) is 5.01 Å². The summed E-state index contributed by atoms with van der Waals surface area (Å²) in [7, 11) is 0. The molecule has 2 N–H and O–H groups in total. The molecule has 0 bridgehead atoms. The Balaban J connectivity index is 1.69. The molecule has 2 aromatic carbocycles. The summed E-state index contributed by atoms with van der Waals surface area (Å²) in [4.78, 5) is 4.30. The molecule has 5 rings (SSSR count). The maximum atomic E-state index is 14.1. The van der Waals surface area contributed by atoms with Crippen LogP contribution in [0.25, 0.3) is 5.70 Å². The molecule has 30 heavy (non-hydrogen) atoms. The van der Waals surface area contributed by atoms with E-state index in [9.17, 15) is 19.0 Å². The molecule has 0 aliphatic carbocycles. The van der Waals surface area contributed by atoms with Crippen LogP contribution in [0.2, 0.25) is 0 Å². The molecule has 3 aromatic rings. The number of benzene rings is 2. The van der Waals surface area contributed by atoms with E-state index >= 15 is 0 Å². The molecule has 2 aliphatic rings. The first-order valence-electron chi connectivity index (χ1n) is 9.50. The van der Waals surface area contributed by atoms with Crippen molar-refractivity contribution >= 4 is 11.9 Å². The Morgan fingerprint density at radius 2 is 1.83 bits per heavy atom. The summed E-state index contributed by atoms with van der Waals surface area (Å²) in [6.07, 6.45) is 3.39. The lowest BCUT2D eigenvalue weighted by atomic mass is 9.83. The lowest BCUT2D eigenvalue weighted by Gasteiger charge is -2.42. The summed E-state index contributed by atoms with van der Waals surface area (Å²) in [6, 6.07) is 11.9. The number of halogens is 2. The third-order valence-electron chi connectivity index (χ3n) is 5.53. The quantitative estimate of drug-likeness (QED) is 0.698. The predicted molar refractivity (Wildman–Crippen MR) is 107 cm³/mol. The SMILES string of the molecule is OC1=C2c3nccn3C[C@H]([C@@H](c3ccc(F)cc3)c3cccc(F)c3)N2N=CC1O. The molecule has 8 heteroatoms. The van der Waals surface area contributed by atoms with Gasteiger partial charge in [0.25, 0.3) is 0 Å². The van der Waals surface area contributed by atoms with E-state index in [1.165, 1.54) is 30.5 Å². The largest absolute Gasteiger partial charge is 0.507 e. The van der Waals surface area contributed by atoms with Gasteiger partial charge in [0.2, 0.25) is 0 Å². The maximum absolute atomic E-state index is 14.1. The minimum atomic E-state index is -1.24. The zero-order chi connectivity index (χ0) is 20.8. The zero-order valence-electron chi connectivity index (χ0n) is 15.7. The second-order valence-electron chi connectivity index (χ2n) is 7.34. The van der Waals surface area contributed by atoms with Crippen LogP contribution in [-0.2, 0) is 6.54 Å². The summed E-state index contributed by atoms with van der Waals surface area (Å²) < 4.78 is 29.6. The van der Waals surface area contributed by atoms with Gasteiger partial charge in [-0.15, -0.1) is 0 Å². The number of nitrogens with zero attached hydrogens (tertiary/aromatic N) is 4.